The van der Waals surface area contributed by atoms with Crippen LogP contribution in [0.25, 0.3) is 0 Å². The van der Waals surface area contributed by atoms with E-state index in [0.29, 0.717) is 17.1 Å². The summed E-state index contributed by atoms with van der Waals surface area (Å²) in [7, 11) is -3.53. The fourth-order valence-corrected chi connectivity index (χ4v) is 2.88. The van der Waals surface area contributed by atoms with Crippen molar-refractivity contribution in [3.05, 3.63) is 41.1 Å². The summed E-state index contributed by atoms with van der Waals surface area (Å²) in [5.74, 6) is 0.150. The molecule has 2 rings (SSSR count). The Morgan fingerprint density at radius 1 is 1.32 bits per heavy atom. The minimum atomic E-state index is -3.53. The lowest BCUT2D eigenvalue weighted by Crippen LogP contribution is -2.16. The van der Waals surface area contributed by atoms with Crippen LogP contribution in [0.3, 0.4) is 0 Å². The third-order valence-corrected chi connectivity index (χ3v) is 4.10. The molecule has 102 valence electrons. The van der Waals surface area contributed by atoms with Gasteiger partial charge in [0, 0.05) is 16.9 Å². The molecule has 0 saturated carbocycles. The van der Waals surface area contributed by atoms with Gasteiger partial charge in [0.25, 0.3) is 0 Å². The van der Waals surface area contributed by atoms with E-state index in [9.17, 15) is 8.42 Å². The van der Waals surface area contributed by atoms with Crippen LogP contribution >= 0.6 is 0 Å². The Morgan fingerprint density at radius 3 is 2.58 bits per heavy atom. The maximum atomic E-state index is 12.1. The number of H-pyrrole nitrogens is 1. The Labute approximate surface area is 112 Å². The number of para-hydroxylation sites is 1. The van der Waals surface area contributed by atoms with Gasteiger partial charge in [-0.1, -0.05) is 18.2 Å². The number of nitrogens with two attached hydrogens (primary N) is 1. The molecule has 0 saturated heterocycles. The van der Waals surface area contributed by atoms with Crippen molar-refractivity contribution in [3.8, 4) is 0 Å². The second-order valence-electron chi connectivity index (χ2n) is 4.38. The van der Waals surface area contributed by atoms with Gasteiger partial charge in [0.15, 0.2) is 5.82 Å². The number of rotatable bonds is 4. The molecule has 7 heteroatoms. The van der Waals surface area contributed by atoms with Crippen LogP contribution in [0.2, 0.25) is 0 Å². The maximum Gasteiger partial charge on any atom is 0.238 e. The number of hydrogen-bond donors (Lipinski definition) is 3. The van der Waals surface area contributed by atoms with Gasteiger partial charge in [-0.3, -0.25) is 9.82 Å². The molecule has 6 nitrogen and oxygen atoms in total. The first-order chi connectivity index (χ1) is 8.89. The number of nitrogen functional groups attached to an aromatic ring is 1. The number of aromatic amines is 1. The van der Waals surface area contributed by atoms with Gasteiger partial charge in [-0.15, -0.1) is 0 Å². The molecule has 2 aromatic rings. The first-order valence-electron chi connectivity index (χ1n) is 5.74. The van der Waals surface area contributed by atoms with Crippen LogP contribution in [0.4, 0.5) is 11.5 Å². The second kappa shape index (κ2) is 4.93. The Balaban J connectivity index is 2.20. The lowest BCUT2D eigenvalue weighted by atomic mass is 10.2. The minimum Gasteiger partial charge on any atom is -0.398 e. The van der Waals surface area contributed by atoms with Crippen molar-refractivity contribution in [2.75, 3.05) is 10.5 Å². The fourth-order valence-electron chi connectivity index (χ4n) is 1.64. The Morgan fingerprint density at radius 2 is 2.00 bits per heavy atom. The van der Waals surface area contributed by atoms with E-state index in [1.165, 1.54) is 0 Å². The topological polar surface area (TPSA) is 101 Å². The molecule has 0 aliphatic carbocycles. The lowest BCUT2D eigenvalue weighted by molar-refractivity contribution is 0.600. The Kier molecular flexibility index (Phi) is 3.48. The highest BCUT2D eigenvalue weighted by molar-refractivity contribution is 7.91. The maximum absolute atomic E-state index is 12.1. The van der Waals surface area contributed by atoms with Crippen LogP contribution in [0.1, 0.15) is 16.8 Å². The molecule has 4 N–H and O–H groups in total. The summed E-state index contributed by atoms with van der Waals surface area (Å²) in [5.41, 5.74) is 8.38. The van der Waals surface area contributed by atoms with Crippen LogP contribution in [0, 0.1) is 13.8 Å². The van der Waals surface area contributed by atoms with Crippen molar-refractivity contribution in [2.45, 2.75) is 19.6 Å². The quantitative estimate of drug-likeness (QED) is 0.739. The zero-order valence-electron chi connectivity index (χ0n) is 10.8. The van der Waals surface area contributed by atoms with E-state index in [1.54, 1.807) is 31.2 Å². The number of sulfonamides is 1. The zero-order valence-corrected chi connectivity index (χ0v) is 11.6. The lowest BCUT2D eigenvalue weighted by Gasteiger charge is -2.08. The highest BCUT2D eigenvalue weighted by Crippen LogP contribution is 2.19. The summed E-state index contributed by atoms with van der Waals surface area (Å²) < 4.78 is 26.6. The smallest absolute Gasteiger partial charge is 0.238 e. The van der Waals surface area contributed by atoms with Crippen molar-refractivity contribution in [2.24, 2.45) is 0 Å². The van der Waals surface area contributed by atoms with Crippen molar-refractivity contribution >= 4 is 21.5 Å². The minimum absolute atomic E-state index is 0.176. The Hall–Kier alpha value is -2.02. The molecule has 0 bridgehead atoms. The highest BCUT2D eigenvalue weighted by Gasteiger charge is 2.16. The predicted molar refractivity (Wildman–Crippen MR) is 75.2 cm³/mol. The third-order valence-electron chi connectivity index (χ3n) is 2.91. The van der Waals surface area contributed by atoms with E-state index in [-0.39, 0.29) is 5.75 Å². The van der Waals surface area contributed by atoms with Crippen molar-refractivity contribution in [1.29, 1.82) is 0 Å². The predicted octanol–water partition coefficient (Wildman–Crippen LogP) is 1.55. The summed E-state index contributed by atoms with van der Waals surface area (Å²) in [5, 5.41) is 6.65. The van der Waals surface area contributed by atoms with Gasteiger partial charge in [0.05, 0.1) is 5.75 Å². The average molecular weight is 280 g/mol. The normalized spacial score (nSPS) is 11.5. The molecule has 0 unspecified atom stereocenters. The number of anilines is 2. The molecular weight excluding hydrogens is 264 g/mol. The van der Waals surface area contributed by atoms with Gasteiger partial charge < -0.3 is 5.73 Å². The number of aryl methyl sites for hydroxylation is 1. The van der Waals surface area contributed by atoms with Gasteiger partial charge in [-0.05, 0) is 25.5 Å². The van der Waals surface area contributed by atoms with Crippen molar-refractivity contribution in [3.63, 3.8) is 0 Å². The van der Waals surface area contributed by atoms with Gasteiger partial charge in [-0.25, -0.2) is 8.42 Å². The number of hydrogen-bond acceptors (Lipinski definition) is 4. The van der Waals surface area contributed by atoms with Crippen LogP contribution < -0.4 is 10.5 Å². The molecule has 1 aromatic heterocycles. The van der Waals surface area contributed by atoms with Crippen LogP contribution in [-0.2, 0) is 15.8 Å². The first-order valence-corrected chi connectivity index (χ1v) is 7.40. The molecule has 19 heavy (non-hydrogen) atoms. The van der Waals surface area contributed by atoms with E-state index < -0.39 is 10.0 Å². The van der Waals surface area contributed by atoms with Gasteiger partial charge in [-0.2, -0.15) is 5.10 Å². The zero-order chi connectivity index (χ0) is 14.0. The molecule has 0 spiro atoms. The number of nitrogens with zero attached hydrogens (tertiary/aromatic N) is 1. The highest BCUT2D eigenvalue weighted by atomic mass is 32.2. The molecule has 0 radical (unpaired) electrons. The van der Waals surface area contributed by atoms with E-state index in [2.05, 4.69) is 14.9 Å². The second-order valence-corrected chi connectivity index (χ2v) is 6.10. The van der Waals surface area contributed by atoms with E-state index in [4.69, 9.17) is 5.73 Å². The number of nitrogens with one attached hydrogen (secondary N) is 2. The summed E-state index contributed by atoms with van der Waals surface area (Å²) in [6.45, 7) is 3.63. The summed E-state index contributed by atoms with van der Waals surface area (Å²) in [4.78, 5) is 0. The van der Waals surface area contributed by atoms with Gasteiger partial charge in [0.1, 0.15) is 0 Å². The Bertz CT molecular complexity index is 692. The van der Waals surface area contributed by atoms with Crippen molar-refractivity contribution in [1.82, 2.24) is 10.2 Å². The summed E-state index contributed by atoms with van der Waals surface area (Å²) in [6.07, 6.45) is 0. The molecule has 0 atom stereocenters. The summed E-state index contributed by atoms with van der Waals surface area (Å²) >= 11 is 0. The van der Waals surface area contributed by atoms with E-state index in [0.717, 1.165) is 11.3 Å². The average Bonchev–Trinajstić information content (AvgIpc) is 2.63. The first kappa shape index (κ1) is 13.4. The third kappa shape index (κ3) is 3.05. The monoisotopic (exact) mass is 280 g/mol. The van der Waals surface area contributed by atoms with Crippen LogP contribution in [0.15, 0.2) is 24.3 Å². The molecule has 1 aromatic carbocycles. The fraction of sp³-hybridized carbons (Fsp3) is 0.250. The SMILES string of the molecule is Cc1[nH]nc(NS(=O)(=O)Cc2ccccc2N)c1C. The largest absolute Gasteiger partial charge is 0.398 e. The molecule has 1 heterocycles. The van der Waals surface area contributed by atoms with Crippen LogP contribution in [-0.4, -0.2) is 18.6 Å². The molecule has 0 aliphatic heterocycles. The molecule has 0 amide bonds. The van der Waals surface area contributed by atoms with Gasteiger partial charge in [0.2, 0.25) is 10.0 Å². The molecule has 0 fully saturated rings. The van der Waals surface area contributed by atoms with Gasteiger partial charge >= 0.3 is 0 Å². The van der Waals surface area contributed by atoms with E-state index >= 15 is 0 Å². The van der Waals surface area contributed by atoms with Crippen molar-refractivity contribution < 1.29 is 8.42 Å². The number of benzene rings is 1. The number of aromatic nitrogens is 2. The van der Waals surface area contributed by atoms with E-state index in [1.807, 2.05) is 6.92 Å². The molecule has 0 aliphatic rings. The van der Waals surface area contributed by atoms with Crippen LogP contribution in [0.5, 0.6) is 0 Å². The standard InChI is InChI=1S/C12H16N4O2S/c1-8-9(2)14-15-12(8)16-19(17,18)7-10-5-3-4-6-11(10)13/h3-6H,7,13H2,1-2H3,(H2,14,15,16). The molecular formula is C12H16N4O2S. The summed E-state index contributed by atoms with van der Waals surface area (Å²) in [6, 6.07) is 6.89.